The van der Waals surface area contributed by atoms with Gasteiger partial charge in [-0.05, 0) is 37.1 Å². The zero-order valence-electron chi connectivity index (χ0n) is 16.4. The molecule has 1 atom stereocenters. The highest BCUT2D eigenvalue weighted by Gasteiger charge is 2.20. The summed E-state index contributed by atoms with van der Waals surface area (Å²) < 4.78 is 29.9. The highest BCUT2D eigenvalue weighted by atomic mass is 32.2. The number of aromatic nitrogens is 2. The molecule has 1 aromatic heterocycles. The molecule has 3 rings (SSSR count). The molecule has 0 saturated carbocycles. The number of aryl methyl sites for hydroxylation is 1. The molecular formula is C21H24N4O3S. The molecule has 1 unspecified atom stereocenters. The average molecular weight is 413 g/mol. The quantitative estimate of drug-likeness (QED) is 0.591. The summed E-state index contributed by atoms with van der Waals surface area (Å²) in [5.74, 6) is 0.178. The van der Waals surface area contributed by atoms with Crippen LogP contribution in [0.25, 0.3) is 0 Å². The van der Waals surface area contributed by atoms with Crippen LogP contribution < -0.4 is 10.0 Å². The van der Waals surface area contributed by atoms with Crippen LogP contribution in [0.1, 0.15) is 42.2 Å². The Bertz CT molecular complexity index is 1080. The summed E-state index contributed by atoms with van der Waals surface area (Å²) in [6.07, 6.45) is 2.49. The van der Waals surface area contributed by atoms with Crippen LogP contribution in [-0.2, 0) is 16.6 Å². The van der Waals surface area contributed by atoms with Crippen molar-refractivity contribution in [1.29, 1.82) is 0 Å². The van der Waals surface area contributed by atoms with Crippen LogP contribution in [0.15, 0.2) is 71.8 Å². The van der Waals surface area contributed by atoms with Crippen molar-refractivity contribution in [2.24, 2.45) is 0 Å². The monoisotopic (exact) mass is 412 g/mol. The van der Waals surface area contributed by atoms with Crippen molar-refractivity contribution in [3.05, 3.63) is 78.0 Å². The zero-order valence-corrected chi connectivity index (χ0v) is 17.2. The number of benzene rings is 2. The fourth-order valence-corrected chi connectivity index (χ4v) is 4.21. The Labute approximate surface area is 170 Å². The van der Waals surface area contributed by atoms with E-state index in [4.69, 9.17) is 0 Å². The molecule has 0 bridgehead atoms. The minimum atomic E-state index is -3.79. The van der Waals surface area contributed by atoms with E-state index in [0.717, 1.165) is 12.0 Å². The van der Waals surface area contributed by atoms with Gasteiger partial charge in [0.1, 0.15) is 5.82 Å². The van der Waals surface area contributed by atoms with E-state index in [2.05, 4.69) is 15.1 Å². The summed E-state index contributed by atoms with van der Waals surface area (Å²) in [4.78, 5) is 12.7. The van der Waals surface area contributed by atoms with Crippen LogP contribution in [0.4, 0.5) is 5.82 Å². The lowest BCUT2D eigenvalue weighted by Gasteiger charge is -2.15. The molecule has 3 aromatic rings. The van der Waals surface area contributed by atoms with Gasteiger partial charge in [-0.15, -0.1) is 0 Å². The fourth-order valence-electron chi connectivity index (χ4n) is 2.93. The average Bonchev–Trinajstić information content (AvgIpc) is 3.15. The Morgan fingerprint density at radius 1 is 1.10 bits per heavy atom. The Kier molecular flexibility index (Phi) is 6.46. The number of hydrogen-bond donors (Lipinski definition) is 2. The van der Waals surface area contributed by atoms with Gasteiger partial charge in [0.05, 0.1) is 11.1 Å². The first-order valence-electron chi connectivity index (χ1n) is 9.41. The van der Waals surface area contributed by atoms with Gasteiger partial charge in [0.25, 0.3) is 5.91 Å². The summed E-state index contributed by atoms with van der Waals surface area (Å²) in [5, 5.41) is 6.95. The molecule has 0 aliphatic rings. The second kappa shape index (κ2) is 9.02. The normalized spacial score (nSPS) is 12.5. The van der Waals surface area contributed by atoms with Crippen molar-refractivity contribution in [2.75, 3.05) is 5.32 Å². The third-order valence-electron chi connectivity index (χ3n) is 4.43. The second-order valence-electron chi connectivity index (χ2n) is 6.68. The minimum absolute atomic E-state index is 0.0370. The summed E-state index contributed by atoms with van der Waals surface area (Å²) in [5.41, 5.74) is 1.11. The maximum atomic E-state index is 12.8. The smallest absolute Gasteiger partial charge is 0.256 e. The maximum absolute atomic E-state index is 12.8. The van der Waals surface area contributed by atoms with Gasteiger partial charge in [0.15, 0.2) is 0 Å². The van der Waals surface area contributed by atoms with Crippen LogP contribution in [-0.4, -0.2) is 24.1 Å². The van der Waals surface area contributed by atoms with Crippen molar-refractivity contribution >= 4 is 21.7 Å². The van der Waals surface area contributed by atoms with Gasteiger partial charge < -0.3 is 5.32 Å². The molecule has 1 heterocycles. The topological polar surface area (TPSA) is 93.1 Å². The van der Waals surface area contributed by atoms with E-state index < -0.39 is 22.0 Å². The van der Waals surface area contributed by atoms with E-state index in [9.17, 15) is 13.2 Å². The first-order valence-corrected chi connectivity index (χ1v) is 10.9. The van der Waals surface area contributed by atoms with Crippen LogP contribution in [0.2, 0.25) is 0 Å². The van der Waals surface area contributed by atoms with E-state index in [-0.39, 0.29) is 10.5 Å². The lowest BCUT2D eigenvalue weighted by molar-refractivity contribution is 0.102. The molecule has 1 amide bonds. The molecule has 152 valence electrons. The van der Waals surface area contributed by atoms with E-state index in [1.165, 1.54) is 12.1 Å². The summed E-state index contributed by atoms with van der Waals surface area (Å²) in [6, 6.07) is 16.6. The Morgan fingerprint density at radius 3 is 2.59 bits per heavy atom. The van der Waals surface area contributed by atoms with Gasteiger partial charge >= 0.3 is 0 Å². The number of nitrogens with zero attached hydrogens (tertiary/aromatic N) is 2. The van der Waals surface area contributed by atoms with E-state index in [1.54, 1.807) is 36.0 Å². The molecule has 29 heavy (non-hydrogen) atoms. The Morgan fingerprint density at radius 2 is 1.86 bits per heavy atom. The van der Waals surface area contributed by atoms with Gasteiger partial charge in [-0.3, -0.25) is 4.79 Å². The maximum Gasteiger partial charge on any atom is 0.256 e. The molecule has 0 aliphatic carbocycles. The van der Waals surface area contributed by atoms with Crippen molar-refractivity contribution < 1.29 is 13.2 Å². The van der Waals surface area contributed by atoms with Crippen molar-refractivity contribution in [2.45, 2.75) is 37.8 Å². The first-order chi connectivity index (χ1) is 13.9. The van der Waals surface area contributed by atoms with Gasteiger partial charge in [-0.1, -0.05) is 43.3 Å². The summed E-state index contributed by atoms with van der Waals surface area (Å²) >= 11 is 0. The third-order valence-corrected chi connectivity index (χ3v) is 5.97. The van der Waals surface area contributed by atoms with Crippen molar-refractivity contribution in [1.82, 2.24) is 14.5 Å². The van der Waals surface area contributed by atoms with Gasteiger partial charge in [-0.25, -0.2) is 17.8 Å². The lowest BCUT2D eigenvalue weighted by Crippen LogP contribution is -2.27. The molecule has 2 aromatic carbocycles. The molecule has 7 nitrogen and oxygen atoms in total. The minimum Gasteiger partial charge on any atom is -0.307 e. The van der Waals surface area contributed by atoms with Gasteiger partial charge in [0, 0.05) is 24.2 Å². The van der Waals surface area contributed by atoms with Crippen molar-refractivity contribution in [3.8, 4) is 0 Å². The number of amides is 1. The molecule has 8 heteroatoms. The number of rotatable bonds is 8. The summed E-state index contributed by atoms with van der Waals surface area (Å²) in [7, 11) is -3.79. The molecule has 2 N–H and O–H groups in total. The van der Waals surface area contributed by atoms with E-state index >= 15 is 0 Å². The number of sulfonamides is 1. The fraction of sp³-hybridized carbons (Fsp3) is 0.238. The predicted molar refractivity (Wildman–Crippen MR) is 112 cm³/mol. The number of hydrogen-bond acceptors (Lipinski definition) is 4. The van der Waals surface area contributed by atoms with Gasteiger partial charge in [0.2, 0.25) is 10.0 Å². The highest BCUT2D eigenvalue weighted by molar-refractivity contribution is 7.89. The lowest BCUT2D eigenvalue weighted by atomic mass is 10.1. The van der Waals surface area contributed by atoms with Crippen LogP contribution in [0.3, 0.4) is 0 Å². The molecule has 0 saturated heterocycles. The molecule has 0 radical (unpaired) electrons. The van der Waals surface area contributed by atoms with Crippen LogP contribution >= 0.6 is 0 Å². The SMILES string of the molecule is CCCn1nccc1NC(=O)c1cccc(S(=O)(=O)NC(C)c2ccccc2)c1. The number of anilines is 1. The largest absolute Gasteiger partial charge is 0.307 e. The molecule has 0 aliphatic heterocycles. The number of carbonyl (C=O) groups is 1. The van der Waals surface area contributed by atoms with Crippen molar-refractivity contribution in [3.63, 3.8) is 0 Å². The van der Waals surface area contributed by atoms with Crippen LogP contribution in [0.5, 0.6) is 0 Å². The van der Waals surface area contributed by atoms with E-state index in [0.29, 0.717) is 12.4 Å². The third kappa shape index (κ3) is 5.10. The molecular weight excluding hydrogens is 388 g/mol. The van der Waals surface area contributed by atoms with Crippen LogP contribution in [0, 0.1) is 0 Å². The standard InChI is InChI=1S/C21H24N4O3S/c1-3-14-25-20(12-13-22-25)23-21(26)18-10-7-11-19(15-18)29(27,28)24-16(2)17-8-5-4-6-9-17/h4-13,15-16,24H,3,14H2,1-2H3,(H,23,26). The zero-order chi connectivity index (χ0) is 20.9. The molecule has 0 spiro atoms. The number of nitrogens with one attached hydrogen (secondary N) is 2. The first kappa shape index (κ1) is 20.8. The Hall–Kier alpha value is -2.97. The predicted octanol–water partition coefficient (Wildman–Crippen LogP) is 3.58. The second-order valence-corrected chi connectivity index (χ2v) is 8.39. The summed E-state index contributed by atoms with van der Waals surface area (Å²) in [6.45, 7) is 4.47. The Balaban J connectivity index is 1.77. The molecule has 0 fully saturated rings. The van der Waals surface area contributed by atoms with Gasteiger partial charge in [-0.2, -0.15) is 5.10 Å². The van der Waals surface area contributed by atoms with E-state index in [1.807, 2.05) is 37.3 Å². The highest BCUT2D eigenvalue weighted by Crippen LogP contribution is 2.18. The number of carbonyl (C=O) groups excluding carboxylic acids is 1.